The van der Waals surface area contributed by atoms with Crippen LogP contribution in [0.2, 0.25) is 0 Å². The predicted molar refractivity (Wildman–Crippen MR) is 71.6 cm³/mol. The van der Waals surface area contributed by atoms with Crippen LogP contribution in [0.15, 0.2) is 18.3 Å². The average Bonchev–Trinajstić information content (AvgIpc) is 2.46. The summed E-state index contributed by atoms with van der Waals surface area (Å²) in [6.45, 7) is 1.94. The standard InChI is InChI=1S/C14H17F6N3/c1-10(13(15,16)17)23-7-5-22(6-8-23)9-12-11(14(18,19)20)3-2-4-21-12/h2-4,10H,5-9H2,1H3/t10-/m0/s1. The van der Waals surface area contributed by atoms with Crippen LogP contribution < -0.4 is 0 Å². The molecule has 0 amide bonds. The maximum atomic E-state index is 12.9. The molecule has 2 heterocycles. The highest BCUT2D eigenvalue weighted by Gasteiger charge is 2.41. The van der Waals surface area contributed by atoms with E-state index in [9.17, 15) is 26.3 Å². The van der Waals surface area contributed by atoms with Crippen LogP contribution in [0.5, 0.6) is 0 Å². The summed E-state index contributed by atoms with van der Waals surface area (Å²) < 4.78 is 76.7. The molecule has 9 heteroatoms. The van der Waals surface area contributed by atoms with Crippen LogP contribution in [0.4, 0.5) is 26.3 Å². The van der Waals surface area contributed by atoms with Crippen molar-refractivity contribution in [3.05, 3.63) is 29.6 Å². The second kappa shape index (κ2) is 6.64. The topological polar surface area (TPSA) is 19.4 Å². The van der Waals surface area contributed by atoms with E-state index < -0.39 is 24.0 Å². The number of aromatic nitrogens is 1. The molecule has 0 N–H and O–H groups in total. The van der Waals surface area contributed by atoms with Crippen molar-refractivity contribution in [1.82, 2.24) is 14.8 Å². The Morgan fingerprint density at radius 1 is 1.09 bits per heavy atom. The fraction of sp³-hybridized carbons (Fsp3) is 0.643. The van der Waals surface area contributed by atoms with Gasteiger partial charge in [-0.25, -0.2) is 0 Å². The van der Waals surface area contributed by atoms with Crippen molar-refractivity contribution in [2.45, 2.75) is 31.9 Å². The Morgan fingerprint density at radius 2 is 1.70 bits per heavy atom. The number of pyridine rings is 1. The molecule has 1 saturated heterocycles. The molecule has 0 spiro atoms. The lowest BCUT2D eigenvalue weighted by molar-refractivity contribution is -0.182. The molecule has 1 fully saturated rings. The van der Waals surface area contributed by atoms with Crippen molar-refractivity contribution < 1.29 is 26.3 Å². The lowest BCUT2D eigenvalue weighted by Crippen LogP contribution is -2.53. The minimum Gasteiger partial charge on any atom is -0.295 e. The number of hydrogen-bond acceptors (Lipinski definition) is 3. The van der Waals surface area contributed by atoms with Gasteiger partial charge in [0.05, 0.1) is 11.3 Å². The van der Waals surface area contributed by atoms with E-state index in [1.165, 1.54) is 17.2 Å². The maximum Gasteiger partial charge on any atom is 0.418 e. The van der Waals surface area contributed by atoms with Crippen LogP contribution >= 0.6 is 0 Å². The Balaban J connectivity index is 1.98. The van der Waals surface area contributed by atoms with Gasteiger partial charge >= 0.3 is 12.4 Å². The zero-order valence-electron chi connectivity index (χ0n) is 12.5. The summed E-state index contributed by atoms with van der Waals surface area (Å²) in [6, 6.07) is 0.629. The zero-order chi connectivity index (χ0) is 17.3. The SMILES string of the molecule is C[C@H](N1CCN(Cc2ncccc2C(F)(F)F)CC1)C(F)(F)F. The van der Waals surface area contributed by atoms with Gasteiger partial charge in [-0.15, -0.1) is 0 Å². The Bertz CT molecular complexity index is 520. The van der Waals surface area contributed by atoms with Crippen LogP contribution in [-0.2, 0) is 12.7 Å². The van der Waals surface area contributed by atoms with Crippen molar-refractivity contribution in [2.75, 3.05) is 26.2 Å². The van der Waals surface area contributed by atoms with Crippen LogP contribution in [0, 0.1) is 0 Å². The predicted octanol–water partition coefficient (Wildman–Crippen LogP) is 3.17. The molecule has 0 radical (unpaired) electrons. The fourth-order valence-electron chi connectivity index (χ4n) is 2.55. The summed E-state index contributed by atoms with van der Waals surface area (Å²) in [7, 11) is 0. The van der Waals surface area contributed by atoms with E-state index in [-0.39, 0.29) is 38.4 Å². The van der Waals surface area contributed by atoms with Crippen LogP contribution in [0.25, 0.3) is 0 Å². The number of alkyl halides is 6. The Kier molecular flexibility index (Phi) is 5.20. The highest BCUT2D eigenvalue weighted by molar-refractivity contribution is 5.23. The molecule has 1 atom stereocenters. The smallest absolute Gasteiger partial charge is 0.295 e. The maximum absolute atomic E-state index is 12.9. The van der Waals surface area contributed by atoms with E-state index in [0.29, 0.717) is 0 Å². The molecule has 1 aromatic heterocycles. The van der Waals surface area contributed by atoms with Crippen molar-refractivity contribution in [1.29, 1.82) is 0 Å². The number of piperazine rings is 1. The molecule has 23 heavy (non-hydrogen) atoms. The Morgan fingerprint density at radius 3 is 2.22 bits per heavy atom. The Hall–Kier alpha value is -1.35. The molecule has 2 rings (SSSR count). The highest BCUT2D eigenvalue weighted by atomic mass is 19.4. The van der Waals surface area contributed by atoms with Crippen molar-refractivity contribution >= 4 is 0 Å². The van der Waals surface area contributed by atoms with Gasteiger partial charge < -0.3 is 0 Å². The molecule has 0 saturated carbocycles. The minimum absolute atomic E-state index is 0.0239. The van der Waals surface area contributed by atoms with Crippen molar-refractivity contribution in [3.63, 3.8) is 0 Å². The summed E-state index contributed by atoms with van der Waals surface area (Å²) in [5, 5.41) is 0. The number of halogens is 6. The summed E-state index contributed by atoms with van der Waals surface area (Å²) in [6.07, 6.45) is -7.50. The van der Waals surface area contributed by atoms with E-state index in [2.05, 4.69) is 4.98 Å². The van der Waals surface area contributed by atoms with Gasteiger partial charge in [0.2, 0.25) is 0 Å². The van der Waals surface area contributed by atoms with Crippen molar-refractivity contribution in [3.8, 4) is 0 Å². The molecule has 1 aromatic rings. The molecule has 1 aliphatic rings. The fourth-order valence-corrected chi connectivity index (χ4v) is 2.55. The summed E-state index contributed by atoms with van der Waals surface area (Å²) in [4.78, 5) is 6.76. The molecule has 3 nitrogen and oxygen atoms in total. The normalized spacial score (nSPS) is 19.8. The first-order chi connectivity index (χ1) is 10.6. The van der Waals surface area contributed by atoms with E-state index in [1.807, 2.05) is 0 Å². The first-order valence-electron chi connectivity index (χ1n) is 7.13. The van der Waals surface area contributed by atoms with Crippen LogP contribution in [0.3, 0.4) is 0 Å². The molecule has 0 unspecified atom stereocenters. The third-order valence-corrected chi connectivity index (χ3v) is 4.00. The first-order valence-corrected chi connectivity index (χ1v) is 7.13. The van der Waals surface area contributed by atoms with E-state index in [0.717, 1.165) is 13.0 Å². The largest absolute Gasteiger partial charge is 0.418 e. The lowest BCUT2D eigenvalue weighted by atomic mass is 10.1. The molecule has 1 aliphatic heterocycles. The monoisotopic (exact) mass is 341 g/mol. The van der Waals surface area contributed by atoms with Gasteiger partial charge in [0.1, 0.15) is 6.04 Å². The van der Waals surface area contributed by atoms with Gasteiger partial charge in [0.15, 0.2) is 0 Å². The van der Waals surface area contributed by atoms with E-state index in [4.69, 9.17) is 0 Å². The first kappa shape index (κ1) is 18.0. The number of hydrogen-bond donors (Lipinski definition) is 0. The van der Waals surface area contributed by atoms with Gasteiger partial charge in [-0.05, 0) is 19.1 Å². The second-order valence-electron chi connectivity index (χ2n) is 5.53. The van der Waals surface area contributed by atoms with Crippen LogP contribution in [0.1, 0.15) is 18.2 Å². The number of rotatable bonds is 3. The molecule has 0 aliphatic carbocycles. The third kappa shape index (κ3) is 4.57. The van der Waals surface area contributed by atoms with Crippen LogP contribution in [-0.4, -0.2) is 53.2 Å². The lowest BCUT2D eigenvalue weighted by Gasteiger charge is -2.38. The Labute approximate surface area is 129 Å². The number of nitrogens with zero attached hydrogens (tertiary/aromatic N) is 3. The second-order valence-corrected chi connectivity index (χ2v) is 5.53. The molecule has 130 valence electrons. The summed E-state index contributed by atoms with van der Waals surface area (Å²) in [5.41, 5.74) is -0.900. The molecular weight excluding hydrogens is 324 g/mol. The highest BCUT2D eigenvalue weighted by Crippen LogP contribution is 2.31. The average molecular weight is 341 g/mol. The van der Waals surface area contributed by atoms with Gasteiger partial charge in [0.25, 0.3) is 0 Å². The molecule has 0 bridgehead atoms. The quantitative estimate of drug-likeness (QED) is 0.788. The summed E-state index contributed by atoms with van der Waals surface area (Å²) in [5.74, 6) is 0. The van der Waals surface area contributed by atoms with E-state index in [1.54, 1.807) is 4.90 Å². The zero-order valence-corrected chi connectivity index (χ0v) is 12.5. The van der Waals surface area contributed by atoms with Gasteiger partial charge in [-0.3, -0.25) is 14.8 Å². The van der Waals surface area contributed by atoms with E-state index >= 15 is 0 Å². The van der Waals surface area contributed by atoms with Gasteiger partial charge in [0, 0.05) is 38.9 Å². The van der Waals surface area contributed by atoms with Crippen molar-refractivity contribution in [2.24, 2.45) is 0 Å². The van der Waals surface area contributed by atoms with Gasteiger partial charge in [-0.1, -0.05) is 0 Å². The third-order valence-electron chi connectivity index (χ3n) is 4.00. The minimum atomic E-state index is -4.49. The summed E-state index contributed by atoms with van der Waals surface area (Å²) >= 11 is 0. The molecular formula is C14H17F6N3. The van der Waals surface area contributed by atoms with Gasteiger partial charge in [-0.2, -0.15) is 26.3 Å². The molecule has 0 aromatic carbocycles.